The fourth-order valence-electron chi connectivity index (χ4n) is 2.66. The number of anilines is 1. The molecular weight excluding hydrogens is 294 g/mol. The molecule has 0 radical (unpaired) electrons. The molecule has 3 N–H and O–H groups in total. The Hall–Kier alpha value is -2.94. The number of H-pyrrole nitrogens is 1. The minimum atomic E-state index is -0.575. The number of carbonyl (C=O) groups is 1. The molecule has 0 aliphatic heterocycles. The fraction of sp³-hybridized carbons (Fsp3) is 0.294. The number of aromatic nitrogens is 1. The van der Waals surface area contributed by atoms with Crippen LogP contribution >= 0.6 is 0 Å². The number of aromatic amines is 1. The second-order valence-corrected chi connectivity index (χ2v) is 5.08. The molecule has 0 aliphatic rings. The number of methoxy groups -OCH3 is 1. The highest BCUT2D eigenvalue weighted by Crippen LogP contribution is 2.37. The van der Waals surface area contributed by atoms with Crippen LogP contribution in [0.25, 0.3) is 11.3 Å². The van der Waals surface area contributed by atoms with Crippen molar-refractivity contribution in [1.82, 2.24) is 4.98 Å². The van der Waals surface area contributed by atoms with Crippen LogP contribution in [0.1, 0.15) is 34.0 Å². The van der Waals surface area contributed by atoms with Crippen molar-refractivity contribution in [2.45, 2.75) is 20.8 Å². The minimum absolute atomic E-state index is 0.0973. The summed E-state index contributed by atoms with van der Waals surface area (Å²) in [6, 6.07) is 5.72. The summed E-state index contributed by atoms with van der Waals surface area (Å²) in [5.74, 6) is 0.257. The lowest BCUT2D eigenvalue weighted by Gasteiger charge is -2.14. The molecule has 0 amide bonds. The number of esters is 1. The first-order chi connectivity index (χ1) is 11.0. The molecule has 0 spiro atoms. The first-order valence-electron chi connectivity index (χ1n) is 7.19. The number of aryl methyl sites for hydroxylation is 1. The third-order valence-electron chi connectivity index (χ3n) is 3.71. The van der Waals surface area contributed by atoms with Gasteiger partial charge in [-0.1, -0.05) is 6.07 Å². The Morgan fingerprint density at radius 2 is 2.09 bits per heavy atom. The predicted octanol–water partition coefficient (Wildman–Crippen LogP) is 2.94. The van der Waals surface area contributed by atoms with Gasteiger partial charge in [0.2, 0.25) is 0 Å². The number of rotatable bonds is 4. The van der Waals surface area contributed by atoms with Crippen molar-refractivity contribution in [1.29, 1.82) is 5.26 Å². The van der Waals surface area contributed by atoms with E-state index in [2.05, 4.69) is 4.98 Å². The van der Waals surface area contributed by atoms with Gasteiger partial charge in [0.1, 0.15) is 28.8 Å². The van der Waals surface area contributed by atoms with Gasteiger partial charge < -0.3 is 20.2 Å². The van der Waals surface area contributed by atoms with Gasteiger partial charge in [-0.05, 0) is 32.4 Å². The zero-order valence-electron chi connectivity index (χ0n) is 13.6. The number of nitrogens with two attached hydrogens (primary N) is 1. The quantitative estimate of drug-likeness (QED) is 0.845. The third-order valence-corrected chi connectivity index (χ3v) is 3.71. The average molecular weight is 313 g/mol. The van der Waals surface area contributed by atoms with E-state index in [9.17, 15) is 10.1 Å². The predicted molar refractivity (Wildman–Crippen MR) is 87.3 cm³/mol. The number of carbonyl (C=O) groups excluding carboxylic acids is 1. The van der Waals surface area contributed by atoms with Gasteiger partial charge in [0.15, 0.2) is 0 Å². The van der Waals surface area contributed by atoms with Crippen LogP contribution in [-0.4, -0.2) is 24.7 Å². The van der Waals surface area contributed by atoms with Crippen LogP contribution in [0.4, 0.5) is 5.82 Å². The second-order valence-electron chi connectivity index (χ2n) is 5.08. The van der Waals surface area contributed by atoms with E-state index in [0.717, 1.165) is 16.7 Å². The standard InChI is InChI=1S/C17H19N3O3/c1-5-23-17(21)14-11(8-18)16(19)20-15(14)13-9(2)6-7-12(22-4)10(13)3/h6-7,20H,5,19H2,1-4H3. The summed E-state index contributed by atoms with van der Waals surface area (Å²) < 4.78 is 10.4. The molecule has 0 atom stereocenters. The molecule has 0 saturated heterocycles. The number of hydrogen-bond donors (Lipinski definition) is 2. The number of nitrogens with one attached hydrogen (secondary N) is 1. The van der Waals surface area contributed by atoms with Crippen LogP contribution in [0.15, 0.2) is 12.1 Å². The highest BCUT2D eigenvalue weighted by Gasteiger charge is 2.26. The summed E-state index contributed by atoms with van der Waals surface area (Å²) in [5.41, 5.74) is 9.17. The van der Waals surface area contributed by atoms with Gasteiger partial charge in [0.05, 0.1) is 19.4 Å². The zero-order valence-corrected chi connectivity index (χ0v) is 13.6. The Labute approximate surface area is 134 Å². The number of nitrogens with zero attached hydrogens (tertiary/aromatic N) is 1. The zero-order chi connectivity index (χ0) is 17.1. The molecule has 0 saturated carbocycles. The fourth-order valence-corrected chi connectivity index (χ4v) is 2.66. The molecule has 1 aromatic carbocycles. The van der Waals surface area contributed by atoms with E-state index in [0.29, 0.717) is 11.4 Å². The molecule has 120 valence electrons. The van der Waals surface area contributed by atoms with E-state index in [1.807, 2.05) is 32.0 Å². The van der Waals surface area contributed by atoms with Gasteiger partial charge in [-0.3, -0.25) is 0 Å². The number of nitriles is 1. The summed E-state index contributed by atoms with van der Waals surface area (Å²) in [7, 11) is 1.58. The number of hydrogen-bond acceptors (Lipinski definition) is 5. The van der Waals surface area contributed by atoms with Crippen molar-refractivity contribution in [3.8, 4) is 23.1 Å². The van der Waals surface area contributed by atoms with Crippen molar-refractivity contribution in [2.24, 2.45) is 0 Å². The Bertz CT molecular complexity index is 800. The maximum absolute atomic E-state index is 12.3. The van der Waals surface area contributed by atoms with Gasteiger partial charge in [-0.2, -0.15) is 5.26 Å². The van der Waals surface area contributed by atoms with Crippen molar-refractivity contribution < 1.29 is 14.3 Å². The molecule has 2 rings (SSSR count). The molecule has 2 aromatic rings. The first kappa shape index (κ1) is 16.4. The normalized spacial score (nSPS) is 10.2. The Balaban J connectivity index is 2.80. The van der Waals surface area contributed by atoms with Gasteiger partial charge in [-0.15, -0.1) is 0 Å². The van der Waals surface area contributed by atoms with Crippen molar-refractivity contribution >= 4 is 11.8 Å². The topological polar surface area (TPSA) is 101 Å². The van der Waals surface area contributed by atoms with E-state index in [4.69, 9.17) is 15.2 Å². The summed E-state index contributed by atoms with van der Waals surface area (Å²) >= 11 is 0. The maximum atomic E-state index is 12.3. The van der Waals surface area contributed by atoms with Crippen LogP contribution < -0.4 is 10.5 Å². The van der Waals surface area contributed by atoms with Crippen LogP contribution in [-0.2, 0) is 4.74 Å². The molecule has 6 nitrogen and oxygen atoms in total. The molecule has 6 heteroatoms. The second kappa shape index (κ2) is 6.44. The third kappa shape index (κ3) is 2.73. The molecule has 1 aromatic heterocycles. The molecule has 1 heterocycles. The van der Waals surface area contributed by atoms with E-state index >= 15 is 0 Å². The summed E-state index contributed by atoms with van der Waals surface area (Å²) in [5, 5.41) is 9.33. The van der Waals surface area contributed by atoms with Crippen LogP contribution in [0, 0.1) is 25.2 Å². The number of benzene rings is 1. The Morgan fingerprint density at radius 3 is 2.65 bits per heavy atom. The van der Waals surface area contributed by atoms with E-state index in [1.54, 1.807) is 14.0 Å². The smallest absolute Gasteiger partial charge is 0.341 e. The van der Waals surface area contributed by atoms with E-state index in [-0.39, 0.29) is 23.6 Å². The van der Waals surface area contributed by atoms with Gasteiger partial charge in [0, 0.05) is 11.1 Å². The first-order valence-corrected chi connectivity index (χ1v) is 7.19. The van der Waals surface area contributed by atoms with Crippen molar-refractivity contribution in [3.63, 3.8) is 0 Å². The van der Waals surface area contributed by atoms with E-state index in [1.165, 1.54) is 0 Å². The lowest BCUT2D eigenvalue weighted by Crippen LogP contribution is -2.08. The minimum Gasteiger partial charge on any atom is -0.496 e. The summed E-state index contributed by atoms with van der Waals surface area (Å²) in [4.78, 5) is 15.3. The molecule has 23 heavy (non-hydrogen) atoms. The molecule has 0 aliphatic carbocycles. The molecular formula is C17H19N3O3. The highest BCUT2D eigenvalue weighted by molar-refractivity contribution is 6.02. The molecule has 0 bridgehead atoms. The summed E-state index contributed by atoms with van der Waals surface area (Å²) in [6.45, 7) is 5.73. The van der Waals surface area contributed by atoms with E-state index < -0.39 is 5.97 Å². The number of nitrogen functional groups attached to an aromatic ring is 1. The van der Waals surface area contributed by atoms with Crippen LogP contribution in [0.3, 0.4) is 0 Å². The van der Waals surface area contributed by atoms with Crippen LogP contribution in [0.2, 0.25) is 0 Å². The lowest BCUT2D eigenvalue weighted by atomic mass is 9.96. The SMILES string of the molecule is CCOC(=O)c1c(-c2c(C)ccc(OC)c2C)[nH]c(N)c1C#N. The van der Waals surface area contributed by atoms with Crippen LogP contribution in [0.5, 0.6) is 5.75 Å². The summed E-state index contributed by atoms with van der Waals surface area (Å²) in [6.07, 6.45) is 0. The monoisotopic (exact) mass is 313 g/mol. The van der Waals surface area contributed by atoms with Crippen molar-refractivity contribution in [2.75, 3.05) is 19.5 Å². The highest BCUT2D eigenvalue weighted by atomic mass is 16.5. The molecule has 0 unspecified atom stereocenters. The molecule has 0 fully saturated rings. The lowest BCUT2D eigenvalue weighted by molar-refractivity contribution is 0.0527. The van der Waals surface area contributed by atoms with Gasteiger partial charge in [-0.25, -0.2) is 4.79 Å². The largest absolute Gasteiger partial charge is 0.496 e. The van der Waals surface area contributed by atoms with Crippen molar-refractivity contribution in [3.05, 3.63) is 34.4 Å². The maximum Gasteiger partial charge on any atom is 0.341 e. The Morgan fingerprint density at radius 1 is 1.39 bits per heavy atom. The van der Waals surface area contributed by atoms with Gasteiger partial charge in [0.25, 0.3) is 0 Å². The van der Waals surface area contributed by atoms with Gasteiger partial charge >= 0.3 is 5.97 Å². The average Bonchev–Trinajstić information content (AvgIpc) is 2.84. The Kier molecular flexibility index (Phi) is 4.60. The number of ether oxygens (including phenoxy) is 2.